The van der Waals surface area contributed by atoms with Gasteiger partial charge in [0.05, 0.1) is 29.5 Å². The molecule has 1 aromatic heterocycles. The number of rotatable bonds is 4. The molecule has 0 radical (unpaired) electrons. The smallest absolute Gasteiger partial charge is 0.0956 e. The van der Waals surface area contributed by atoms with Crippen LogP contribution in [0.1, 0.15) is 50.1 Å². The number of hydrogen-bond acceptors (Lipinski definition) is 3. The average Bonchev–Trinajstić information content (AvgIpc) is 3.18. The molecular weight excluding hydrogens is 288 g/mol. The summed E-state index contributed by atoms with van der Waals surface area (Å²) in [6.07, 6.45) is 10.5. The molecule has 4 rings (SSSR count). The Morgan fingerprint density at radius 1 is 1.22 bits per heavy atom. The molecule has 0 bridgehead atoms. The van der Waals surface area contributed by atoms with Gasteiger partial charge in [-0.2, -0.15) is 0 Å². The van der Waals surface area contributed by atoms with Gasteiger partial charge in [-0.05, 0) is 24.3 Å². The van der Waals surface area contributed by atoms with Gasteiger partial charge in [-0.3, -0.25) is 0 Å². The van der Waals surface area contributed by atoms with Crippen molar-refractivity contribution in [3.05, 3.63) is 47.3 Å². The highest BCUT2D eigenvalue weighted by atomic mass is 16.3. The number of hydrogen-bond donors (Lipinski definition) is 0. The summed E-state index contributed by atoms with van der Waals surface area (Å²) >= 11 is 0. The van der Waals surface area contributed by atoms with Crippen LogP contribution in [0.4, 0.5) is 0 Å². The lowest BCUT2D eigenvalue weighted by Crippen LogP contribution is -2.21. The number of nitroso groups, excluding NO2 is 1. The van der Waals surface area contributed by atoms with Crippen LogP contribution in [0.5, 0.6) is 0 Å². The predicted molar refractivity (Wildman–Crippen MR) is 90.2 cm³/mol. The Kier molecular flexibility index (Phi) is 3.77. The van der Waals surface area contributed by atoms with Crippen molar-refractivity contribution in [2.45, 2.75) is 44.6 Å². The molecule has 2 aliphatic rings. The largest absolute Gasteiger partial charge is 0.323 e. The zero-order chi connectivity index (χ0) is 15.6. The molecule has 2 aromatic rings. The van der Waals surface area contributed by atoms with E-state index in [9.17, 15) is 4.91 Å². The molecule has 1 aromatic carbocycles. The van der Waals surface area contributed by atoms with Gasteiger partial charge in [0.2, 0.25) is 0 Å². The van der Waals surface area contributed by atoms with Crippen LogP contribution in [0.15, 0.2) is 47.2 Å². The number of imidazole rings is 1. The summed E-state index contributed by atoms with van der Waals surface area (Å²) in [7, 11) is 0. The van der Waals surface area contributed by atoms with Gasteiger partial charge in [-0.1, -0.05) is 43.5 Å². The molecule has 23 heavy (non-hydrogen) atoms. The van der Waals surface area contributed by atoms with E-state index < -0.39 is 0 Å². The molecule has 5 nitrogen and oxygen atoms in total. The lowest BCUT2D eigenvalue weighted by Gasteiger charge is -2.25. The van der Waals surface area contributed by atoms with Gasteiger partial charge < -0.3 is 4.57 Å². The normalized spacial score (nSPS) is 21.0. The van der Waals surface area contributed by atoms with E-state index in [1.165, 1.54) is 30.4 Å². The van der Waals surface area contributed by atoms with Gasteiger partial charge in [0.25, 0.3) is 0 Å². The Hall–Kier alpha value is -2.30. The zero-order valence-corrected chi connectivity index (χ0v) is 13.1. The molecule has 1 aliphatic carbocycles. The monoisotopic (exact) mass is 308 g/mol. The Labute approximate surface area is 135 Å². The van der Waals surface area contributed by atoms with E-state index in [0.29, 0.717) is 5.92 Å². The van der Waals surface area contributed by atoms with Crippen molar-refractivity contribution in [1.29, 1.82) is 0 Å². The highest BCUT2D eigenvalue weighted by Crippen LogP contribution is 2.42. The lowest BCUT2D eigenvalue weighted by atomic mass is 9.83. The minimum Gasteiger partial charge on any atom is -0.323 e. The molecule has 1 saturated carbocycles. The fourth-order valence-electron chi connectivity index (χ4n) is 4.12. The van der Waals surface area contributed by atoms with Crippen molar-refractivity contribution >= 4 is 5.71 Å². The molecular formula is C18H20N4O. The second-order valence-corrected chi connectivity index (χ2v) is 6.50. The van der Waals surface area contributed by atoms with E-state index >= 15 is 0 Å². The molecule has 2 heterocycles. The van der Waals surface area contributed by atoms with Gasteiger partial charge in [-0.15, -0.1) is 10.0 Å². The summed E-state index contributed by atoms with van der Waals surface area (Å²) in [6, 6.07) is 8.60. The minimum atomic E-state index is 0.172. The standard InChI is InChI=1S/C18H20N4O/c23-21-20-16(13-6-2-1-3-7-13)10-17-14-8-4-5-9-15(14)18-11-19-12-22(17)18/h4-5,8-9,11-13,17H,1-3,6-7,10H2/b20-16-. The molecule has 0 spiro atoms. The minimum absolute atomic E-state index is 0.172. The number of fused-ring (bicyclic) bond motifs is 3. The Bertz CT molecular complexity index is 743. The second-order valence-electron chi connectivity index (χ2n) is 6.50. The SMILES string of the molecule is O=N/N=C(/CC1c2ccccc2-c2cncn21)C1CCCCC1. The second kappa shape index (κ2) is 6.07. The molecule has 0 N–H and O–H groups in total. The maximum absolute atomic E-state index is 10.8. The molecule has 1 fully saturated rings. The summed E-state index contributed by atoms with van der Waals surface area (Å²) < 4.78 is 2.20. The fraction of sp³-hybridized carbons (Fsp3) is 0.444. The first-order valence-corrected chi connectivity index (χ1v) is 8.38. The first-order valence-electron chi connectivity index (χ1n) is 8.38. The van der Waals surface area contributed by atoms with E-state index in [4.69, 9.17) is 0 Å². The van der Waals surface area contributed by atoms with Crippen molar-refractivity contribution in [3.63, 3.8) is 0 Å². The van der Waals surface area contributed by atoms with E-state index in [0.717, 1.165) is 30.7 Å². The third-order valence-electron chi connectivity index (χ3n) is 5.25. The van der Waals surface area contributed by atoms with E-state index in [1.54, 1.807) is 0 Å². The summed E-state index contributed by atoms with van der Waals surface area (Å²) in [5.41, 5.74) is 4.63. The van der Waals surface area contributed by atoms with Crippen LogP contribution in [0.2, 0.25) is 0 Å². The summed E-state index contributed by atoms with van der Waals surface area (Å²) in [5, 5.41) is 6.86. The number of nitrogens with zero attached hydrogens (tertiary/aromatic N) is 4. The van der Waals surface area contributed by atoms with Crippen molar-refractivity contribution in [2.75, 3.05) is 0 Å². The highest BCUT2D eigenvalue weighted by Gasteiger charge is 2.31. The van der Waals surface area contributed by atoms with Crippen LogP contribution in [0.25, 0.3) is 11.3 Å². The Morgan fingerprint density at radius 3 is 2.87 bits per heavy atom. The van der Waals surface area contributed by atoms with Gasteiger partial charge in [0.15, 0.2) is 0 Å². The van der Waals surface area contributed by atoms with Crippen molar-refractivity contribution < 1.29 is 0 Å². The van der Waals surface area contributed by atoms with Crippen molar-refractivity contribution in [1.82, 2.24) is 9.55 Å². The van der Waals surface area contributed by atoms with Gasteiger partial charge in [0.1, 0.15) is 0 Å². The molecule has 1 atom stereocenters. The van der Waals surface area contributed by atoms with Crippen LogP contribution >= 0.6 is 0 Å². The van der Waals surface area contributed by atoms with Crippen LogP contribution < -0.4 is 0 Å². The van der Waals surface area contributed by atoms with Crippen LogP contribution in [-0.4, -0.2) is 15.3 Å². The van der Waals surface area contributed by atoms with Crippen LogP contribution in [-0.2, 0) is 0 Å². The van der Waals surface area contributed by atoms with Gasteiger partial charge in [-0.25, -0.2) is 4.98 Å². The molecule has 1 unspecified atom stereocenters. The van der Waals surface area contributed by atoms with Crippen LogP contribution in [0, 0.1) is 10.8 Å². The molecule has 118 valence electrons. The molecule has 1 aliphatic heterocycles. The summed E-state index contributed by atoms with van der Waals surface area (Å²) in [4.78, 5) is 15.1. The van der Waals surface area contributed by atoms with Gasteiger partial charge in [0, 0.05) is 17.7 Å². The summed E-state index contributed by atoms with van der Waals surface area (Å²) in [5.74, 6) is 0.404. The first kappa shape index (κ1) is 14.3. The van der Waals surface area contributed by atoms with E-state index in [1.807, 2.05) is 12.5 Å². The highest BCUT2D eigenvalue weighted by molar-refractivity contribution is 5.88. The summed E-state index contributed by atoms with van der Waals surface area (Å²) in [6.45, 7) is 0. The molecule has 0 amide bonds. The third kappa shape index (κ3) is 2.50. The first-order chi connectivity index (χ1) is 11.4. The topological polar surface area (TPSA) is 59.6 Å². The zero-order valence-electron chi connectivity index (χ0n) is 13.1. The van der Waals surface area contributed by atoms with Crippen molar-refractivity contribution in [3.8, 4) is 11.3 Å². The average molecular weight is 308 g/mol. The maximum Gasteiger partial charge on any atom is 0.0956 e. The fourth-order valence-corrected chi connectivity index (χ4v) is 4.12. The quantitative estimate of drug-likeness (QED) is 0.473. The molecule has 5 heteroatoms. The van der Waals surface area contributed by atoms with E-state index in [2.05, 4.69) is 44.2 Å². The van der Waals surface area contributed by atoms with Crippen LogP contribution in [0.3, 0.4) is 0 Å². The number of aromatic nitrogens is 2. The molecule has 0 saturated heterocycles. The van der Waals surface area contributed by atoms with Gasteiger partial charge >= 0.3 is 0 Å². The Morgan fingerprint density at radius 2 is 2.04 bits per heavy atom. The van der Waals surface area contributed by atoms with E-state index in [-0.39, 0.29) is 6.04 Å². The lowest BCUT2D eigenvalue weighted by molar-refractivity contribution is 0.430. The number of benzene rings is 1. The third-order valence-corrected chi connectivity index (χ3v) is 5.25. The predicted octanol–water partition coefficient (Wildman–Crippen LogP) is 4.55. The Balaban J connectivity index is 1.67. The van der Waals surface area contributed by atoms with Crippen molar-refractivity contribution in [2.24, 2.45) is 16.3 Å². The maximum atomic E-state index is 10.8.